The van der Waals surface area contributed by atoms with Gasteiger partial charge < -0.3 is 9.26 Å². The summed E-state index contributed by atoms with van der Waals surface area (Å²) in [6.07, 6.45) is 7.87. The third-order valence-electron chi connectivity index (χ3n) is 4.17. The molecule has 2 aliphatic rings. The van der Waals surface area contributed by atoms with Crippen LogP contribution in [0.4, 0.5) is 0 Å². The second-order valence-electron chi connectivity index (χ2n) is 5.60. The van der Waals surface area contributed by atoms with Crippen molar-refractivity contribution < 1.29 is 9.26 Å². The van der Waals surface area contributed by atoms with Gasteiger partial charge >= 0.3 is 0 Å². The molecule has 0 amide bonds. The summed E-state index contributed by atoms with van der Waals surface area (Å²) in [5, 5.41) is 4.71. The topological polar surface area (TPSA) is 48.2 Å². The Morgan fingerprint density at radius 3 is 2.79 bits per heavy atom. The van der Waals surface area contributed by atoms with Crippen molar-refractivity contribution >= 4 is 11.8 Å². The van der Waals surface area contributed by atoms with Crippen molar-refractivity contribution in [1.29, 1.82) is 0 Å². The molecule has 1 aliphatic carbocycles. The summed E-state index contributed by atoms with van der Waals surface area (Å²) in [6, 6.07) is 0. The molecular weight excluding hydrogens is 260 g/mol. The van der Waals surface area contributed by atoms with E-state index in [1.54, 1.807) is 0 Å². The number of aromatic nitrogens is 2. The van der Waals surface area contributed by atoms with E-state index >= 15 is 0 Å². The van der Waals surface area contributed by atoms with Gasteiger partial charge in [0.15, 0.2) is 5.82 Å². The predicted molar refractivity (Wildman–Crippen MR) is 75.2 cm³/mol. The average molecular weight is 282 g/mol. The lowest BCUT2D eigenvalue weighted by Gasteiger charge is -2.17. The summed E-state index contributed by atoms with van der Waals surface area (Å²) in [6.45, 7) is 3.03. The molecule has 0 bridgehead atoms. The number of ether oxygens (including phenoxy) is 1. The molecule has 0 aromatic carbocycles. The van der Waals surface area contributed by atoms with Gasteiger partial charge in [0.2, 0.25) is 5.89 Å². The number of nitrogens with zero attached hydrogens (tertiary/aromatic N) is 2. The molecule has 0 N–H and O–H groups in total. The van der Waals surface area contributed by atoms with Crippen LogP contribution < -0.4 is 0 Å². The molecule has 2 atom stereocenters. The fraction of sp³-hybridized carbons (Fsp3) is 0.857. The molecule has 106 valence electrons. The van der Waals surface area contributed by atoms with Gasteiger partial charge in [-0.15, -0.1) is 11.8 Å². The fourth-order valence-electron chi connectivity index (χ4n) is 2.95. The number of thioether (sulfide) groups is 1. The van der Waals surface area contributed by atoms with Gasteiger partial charge in [-0.05, 0) is 26.2 Å². The molecule has 2 unspecified atom stereocenters. The van der Waals surface area contributed by atoms with E-state index in [-0.39, 0.29) is 0 Å². The Morgan fingerprint density at radius 1 is 1.21 bits per heavy atom. The second kappa shape index (κ2) is 6.27. The SMILES string of the molecule is CC1OCCC1SCc1noc(C2CCCCC2)n1. The Balaban J connectivity index is 1.52. The van der Waals surface area contributed by atoms with Gasteiger partial charge in [0.1, 0.15) is 0 Å². The van der Waals surface area contributed by atoms with Gasteiger partial charge in [0.05, 0.1) is 11.9 Å². The molecule has 0 radical (unpaired) electrons. The van der Waals surface area contributed by atoms with Crippen LogP contribution >= 0.6 is 11.8 Å². The van der Waals surface area contributed by atoms with Gasteiger partial charge in [0.25, 0.3) is 0 Å². The maximum Gasteiger partial charge on any atom is 0.229 e. The van der Waals surface area contributed by atoms with Crippen LogP contribution in [0.2, 0.25) is 0 Å². The summed E-state index contributed by atoms with van der Waals surface area (Å²) in [7, 11) is 0. The minimum atomic E-state index is 0.356. The predicted octanol–water partition coefficient (Wildman–Crippen LogP) is 3.53. The molecule has 1 saturated heterocycles. The summed E-state index contributed by atoms with van der Waals surface area (Å²) in [5.74, 6) is 3.07. The molecule has 2 fully saturated rings. The summed E-state index contributed by atoms with van der Waals surface area (Å²) in [4.78, 5) is 4.58. The zero-order chi connectivity index (χ0) is 13.1. The number of hydrogen-bond acceptors (Lipinski definition) is 5. The summed E-state index contributed by atoms with van der Waals surface area (Å²) < 4.78 is 11.0. The normalized spacial score (nSPS) is 28.9. The van der Waals surface area contributed by atoms with Gasteiger partial charge in [0, 0.05) is 17.8 Å². The third kappa shape index (κ3) is 3.31. The standard InChI is InChI=1S/C14H22N2O2S/c1-10-12(7-8-17-10)19-9-13-15-14(18-16-13)11-5-3-2-4-6-11/h10-12H,2-9H2,1H3. The highest BCUT2D eigenvalue weighted by atomic mass is 32.2. The maximum absolute atomic E-state index is 5.57. The molecule has 2 heterocycles. The smallest absolute Gasteiger partial charge is 0.229 e. The van der Waals surface area contributed by atoms with Crippen molar-refractivity contribution in [2.45, 2.75) is 68.5 Å². The van der Waals surface area contributed by atoms with Crippen LogP contribution in [-0.4, -0.2) is 28.1 Å². The number of rotatable bonds is 4. The van der Waals surface area contributed by atoms with Crippen LogP contribution in [0.3, 0.4) is 0 Å². The van der Waals surface area contributed by atoms with E-state index in [4.69, 9.17) is 9.26 Å². The molecule has 1 aromatic rings. The van der Waals surface area contributed by atoms with Gasteiger partial charge in [-0.1, -0.05) is 24.4 Å². The van der Waals surface area contributed by atoms with E-state index in [0.717, 1.165) is 30.5 Å². The van der Waals surface area contributed by atoms with Crippen molar-refractivity contribution in [3.05, 3.63) is 11.7 Å². The van der Waals surface area contributed by atoms with Crippen molar-refractivity contribution in [2.75, 3.05) is 6.61 Å². The molecule has 1 aromatic heterocycles. The van der Waals surface area contributed by atoms with Crippen molar-refractivity contribution in [3.8, 4) is 0 Å². The van der Waals surface area contributed by atoms with Gasteiger partial charge in [-0.25, -0.2) is 0 Å². The first-order chi connectivity index (χ1) is 9.33. The first kappa shape index (κ1) is 13.4. The highest BCUT2D eigenvalue weighted by Gasteiger charge is 2.26. The minimum Gasteiger partial charge on any atom is -0.377 e. The van der Waals surface area contributed by atoms with Gasteiger partial charge in [-0.2, -0.15) is 4.98 Å². The lowest BCUT2D eigenvalue weighted by Crippen LogP contribution is -2.13. The van der Waals surface area contributed by atoms with Crippen molar-refractivity contribution in [1.82, 2.24) is 10.1 Å². The first-order valence-electron chi connectivity index (χ1n) is 7.38. The van der Waals surface area contributed by atoms with Crippen LogP contribution in [0.5, 0.6) is 0 Å². The number of hydrogen-bond donors (Lipinski definition) is 0. The molecule has 4 nitrogen and oxygen atoms in total. The van der Waals surface area contributed by atoms with E-state index in [1.807, 2.05) is 11.8 Å². The zero-order valence-corrected chi connectivity index (χ0v) is 12.3. The van der Waals surface area contributed by atoms with E-state index < -0.39 is 0 Å². The van der Waals surface area contributed by atoms with Crippen LogP contribution in [0.15, 0.2) is 4.52 Å². The molecule has 19 heavy (non-hydrogen) atoms. The summed E-state index contributed by atoms with van der Waals surface area (Å²) in [5.41, 5.74) is 0. The minimum absolute atomic E-state index is 0.356. The Hall–Kier alpha value is -0.550. The van der Waals surface area contributed by atoms with Crippen LogP contribution in [-0.2, 0) is 10.5 Å². The second-order valence-corrected chi connectivity index (χ2v) is 6.83. The van der Waals surface area contributed by atoms with E-state index in [2.05, 4.69) is 17.1 Å². The molecule has 3 rings (SSSR count). The van der Waals surface area contributed by atoms with E-state index in [0.29, 0.717) is 17.3 Å². The molecule has 1 saturated carbocycles. The Kier molecular flexibility index (Phi) is 4.43. The zero-order valence-electron chi connectivity index (χ0n) is 11.5. The maximum atomic E-state index is 5.57. The largest absolute Gasteiger partial charge is 0.377 e. The highest BCUT2D eigenvalue weighted by molar-refractivity contribution is 7.99. The third-order valence-corrected chi connectivity index (χ3v) is 5.64. The molecule has 5 heteroatoms. The summed E-state index contributed by atoms with van der Waals surface area (Å²) >= 11 is 1.90. The van der Waals surface area contributed by atoms with Crippen LogP contribution in [0.1, 0.15) is 63.1 Å². The van der Waals surface area contributed by atoms with Gasteiger partial charge in [-0.3, -0.25) is 0 Å². The first-order valence-corrected chi connectivity index (χ1v) is 8.43. The van der Waals surface area contributed by atoms with Crippen LogP contribution in [0.25, 0.3) is 0 Å². The van der Waals surface area contributed by atoms with E-state index in [1.165, 1.54) is 32.1 Å². The van der Waals surface area contributed by atoms with Crippen molar-refractivity contribution in [3.63, 3.8) is 0 Å². The monoisotopic (exact) mass is 282 g/mol. The Morgan fingerprint density at radius 2 is 2.05 bits per heavy atom. The van der Waals surface area contributed by atoms with Crippen LogP contribution in [0, 0.1) is 0 Å². The molecule has 1 aliphatic heterocycles. The Bertz CT molecular complexity index is 404. The fourth-order valence-corrected chi connectivity index (χ4v) is 4.05. The molecular formula is C14H22N2O2S. The van der Waals surface area contributed by atoms with Crippen molar-refractivity contribution in [2.24, 2.45) is 0 Å². The Labute approximate surface area is 118 Å². The van der Waals surface area contributed by atoms with E-state index in [9.17, 15) is 0 Å². The average Bonchev–Trinajstić information content (AvgIpc) is 3.06. The lowest BCUT2D eigenvalue weighted by atomic mass is 9.89. The highest BCUT2D eigenvalue weighted by Crippen LogP contribution is 2.32. The molecule has 0 spiro atoms. The lowest BCUT2D eigenvalue weighted by molar-refractivity contribution is 0.127. The quantitative estimate of drug-likeness (QED) is 0.845.